The minimum absolute atomic E-state index is 0.0262. The van der Waals surface area contributed by atoms with E-state index < -0.39 is 0 Å². The van der Waals surface area contributed by atoms with Crippen LogP contribution in [0.2, 0.25) is 0 Å². The molecule has 0 aromatic heterocycles. The Morgan fingerprint density at radius 1 is 0.633 bits per heavy atom. The van der Waals surface area contributed by atoms with E-state index in [2.05, 4.69) is 57.2 Å². The number of rotatable bonds is 6. The van der Waals surface area contributed by atoms with Crippen molar-refractivity contribution in [2.75, 3.05) is 4.90 Å². The van der Waals surface area contributed by atoms with Gasteiger partial charge in [-0.25, -0.2) is 0 Å². The molecule has 0 unspecified atom stereocenters. The number of ketones is 1. The lowest BCUT2D eigenvalue weighted by Crippen LogP contribution is -2.09. The van der Waals surface area contributed by atoms with Gasteiger partial charge in [-0.1, -0.05) is 82.7 Å². The molecule has 0 saturated carbocycles. The van der Waals surface area contributed by atoms with E-state index in [-0.39, 0.29) is 5.78 Å². The average molecular weight is 454 g/mol. The average Bonchev–Trinajstić information content (AvgIpc) is 2.80. The lowest BCUT2D eigenvalue weighted by molar-refractivity contribution is 0.104. The molecule has 0 heterocycles. The molecule has 0 bridgehead atoms. The molecule has 4 aromatic carbocycles. The molecule has 0 aliphatic heterocycles. The van der Waals surface area contributed by atoms with Crippen LogP contribution in [-0.2, 0) is 0 Å². The van der Waals surface area contributed by atoms with E-state index in [0.717, 1.165) is 27.1 Å². The van der Waals surface area contributed by atoms with Gasteiger partial charge in [-0.15, -0.1) is 0 Å². The maximum absolute atomic E-state index is 12.5. The van der Waals surface area contributed by atoms with Crippen LogP contribution >= 0.6 is 15.9 Å². The van der Waals surface area contributed by atoms with Gasteiger partial charge in [0.1, 0.15) is 0 Å². The first-order chi connectivity index (χ1) is 14.7. The Morgan fingerprint density at radius 3 is 1.70 bits per heavy atom. The smallest absolute Gasteiger partial charge is 0.186 e. The van der Waals surface area contributed by atoms with Crippen molar-refractivity contribution in [2.45, 2.75) is 0 Å². The number of carbonyl (C=O) groups is 1. The van der Waals surface area contributed by atoms with Crippen molar-refractivity contribution in [3.8, 4) is 0 Å². The Balaban J connectivity index is 1.60. The molecule has 30 heavy (non-hydrogen) atoms. The molecule has 0 atom stereocenters. The summed E-state index contributed by atoms with van der Waals surface area (Å²) >= 11 is 3.43. The molecule has 0 aliphatic carbocycles. The van der Waals surface area contributed by atoms with E-state index in [1.54, 1.807) is 6.08 Å². The van der Waals surface area contributed by atoms with Gasteiger partial charge in [0.25, 0.3) is 0 Å². The van der Waals surface area contributed by atoms with Crippen LogP contribution in [-0.4, -0.2) is 5.78 Å². The summed E-state index contributed by atoms with van der Waals surface area (Å²) in [6, 6.07) is 36.2. The largest absolute Gasteiger partial charge is 0.311 e. The Hall–Kier alpha value is -3.43. The standard InChI is InChI=1S/C27H20BrNO/c28-26-14-8-7-13-25(26)27(30)20-17-21-15-18-24(19-16-21)29(22-9-3-1-4-10-22)23-11-5-2-6-12-23/h1-20H. The SMILES string of the molecule is O=C(C=Cc1ccc(N(c2ccccc2)c2ccccc2)cc1)c1ccccc1Br. The van der Waals surface area contributed by atoms with Gasteiger partial charge in [0.15, 0.2) is 5.78 Å². The summed E-state index contributed by atoms with van der Waals surface area (Å²) in [7, 11) is 0. The van der Waals surface area contributed by atoms with Gasteiger partial charge in [-0.3, -0.25) is 4.79 Å². The van der Waals surface area contributed by atoms with Crippen molar-refractivity contribution in [1.82, 2.24) is 0 Å². The van der Waals surface area contributed by atoms with Crippen LogP contribution in [0.3, 0.4) is 0 Å². The third-order valence-electron chi connectivity index (χ3n) is 4.75. The normalized spacial score (nSPS) is 10.8. The van der Waals surface area contributed by atoms with Gasteiger partial charge in [-0.05, 0) is 60.2 Å². The molecule has 0 fully saturated rings. The zero-order valence-corrected chi connectivity index (χ0v) is 17.9. The molecular weight excluding hydrogens is 434 g/mol. The molecule has 0 radical (unpaired) electrons. The molecular formula is C27H20BrNO. The number of allylic oxidation sites excluding steroid dienone is 1. The van der Waals surface area contributed by atoms with Gasteiger partial charge in [0.05, 0.1) is 0 Å². The van der Waals surface area contributed by atoms with Crippen molar-refractivity contribution >= 4 is 44.9 Å². The fourth-order valence-electron chi connectivity index (χ4n) is 3.26. The lowest BCUT2D eigenvalue weighted by atomic mass is 10.1. The molecule has 0 spiro atoms. The Bertz CT molecular complexity index is 1110. The fraction of sp³-hybridized carbons (Fsp3) is 0. The predicted molar refractivity (Wildman–Crippen MR) is 129 cm³/mol. The second-order valence-electron chi connectivity index (χ2n) is 6.78. The van der Waals surface area contributed by atoms with Crippen molar-refractivity contribution in [1.29, 1.82) is 0 Å². The van der Waals surface area contributed by atoms with Gasteiger partial charge in [0, 0.05) is 27.1 Å². The highest BCUT2D eigenvalue weighted by atomic mass is 79.9. The van der Waals surface area contributed by atoms with Crippen LogP contribution in [0.25, 0.3) is 6.08 Å². The third-order valence-corrected chi connectivity index (χ3v) is 5.44. The fourth-order valence-corrected chi connectivity index (χ4v) is 3.74. The number of halogens is 1. The van der Waals surface area contributed by atoms with Crippen LogP contribution in [0, 0.1) is 0 Å². The maximum Gasteiger partial charge on any atom is 0.186 e. The predicted octanol–water partition coefficient (Wildman–Crippen LogP) is 7.82. The summed E-state index contributed by atoms with van der Waals surface area (Å²) in [5, 5.41) is 0. The van der Waals surface area contributed by atoms with E-state index in [0.29, 0.717) is 5.56 Å². The Kier molecular flexibility index (Phi) is 6.21. The van der Waals surface area contributed by atoms with Gasteiger partial charge < -0.3 is 4.90 Å². The Labute approximate surface area is 185 Å². The maximum atomic E-state index is 12.5. The monoisotopic (exact) mass is 453 g/mol. The molecule has 4 rings (SSSR count). The van der Waals surface area contributed by atoms with E-state index in [1.807, 2.05) is 78.9 Å². The summed E-state index contributed by atoms with van der Waals surface area (Å²) in [5.41, 5.74) is 4.87. The summed E-state index contributed by atoms with van der Waals surface area (Å²) in [6.07, 6.45) is 3.46. The van der Waals surface area contributed by atoms with Crippen LogP contribution in [0.1, 0.15) is 15.9 Å². The van der Waals surface area contributed by atoms with Gasteiger partial charge >= 0.3 is 0 Å². The summed E-state index contributed by atoms with van der Waals surface area (Å²) in [4.78, 5) is 14.7. The first kappa shape index (κ1) is 19.9. The topological polar surface area (TPSA) is 20.3 Å². The number of nitrogens with zero attached hydrogens (tertiary/aromatic N) is 1. The molecule has 2 nitrogen and oxygen atoms in total. The molecule has 3 heteroatoms. The summed E-state index contributed by atoms with van der Waals surface area (Å²) in [5.74, 6) is -0.0262. The summed E-state index contributed by atoms with van der Waals surface area (Å²) in [6.45, 7) is 0. The first-order valence-electron chi connectivity index (χ1n) is 9.69. The molecule has 0 saturated heterocycles. The highest BCUT2D eigenvalue weighted by Gasteiger charge is 2.11. The molecule has 0 amide bonds. The minimum Gasteiger partial charge on any atom is -0.311 e. The molecule has 4 aromatic rings. The van der Waals surface area contributed by atoms with E-state index in [1.165, 1.54) is 0 Å². The number of hydrogen-bond donors (Lipinski definition) is 0. The molecule has 0 aliphatic rings. The van der Waals surface area contributed by atoms with E-state index in [4.69, 9.17) is 0 Å². The third kappa shape index (κ3) is 4.58. The first-order valence-corrected chi connectivity index (χ1v) is 10.5. The van der Waals surface area contributed by atoms with Crippen molar-refractivity contribution in [2.24, 2.45) is 0 Å². The number of carbonyl (C=O) groups excluding carboxylic acids is 1. The van der Waals surface area contributed by atoms with Gasteiger partial charge in [-0.2, -0.15) is 0 Å². The van der Waals surface area contributed by atoms with Crippen molar-refractivity contribution < 1.29 is 4.79 Å². The number of benzene rings is 4. The van der Waals surface area contributed by atoms with Crippen LogP contribution in [0.4, 0.5) is 17.1 Å². The lowest BCUT2D eigenvalue weighted by Gasteiger charge is -2.25. The highest BCUT2D eigenvalue weighted by molar-refractivity contribution is 9.10. The Morgan fingerprint density at radius 2 is 1.13 bits per heavy atom. The number of para-hydroxylation sites is 2. The molecule has 0 N–H and O–H groups in total. The second kappa shape index (κ2) is 9.38. The highest BCUT2D eigenvalue weighted by Crippen LogP contribution is 2.34. The second-order valence-corrected chi connectivity index (χ2v) is 7.63. The van der Waals surface area contributed by atoms with Crippen LogP contribution < -0.4 is 4.90 Å². The zero-order valence-electron chi connectivity index (χ0n) is 16.3. The van der Waals surface area contributed by atoms with Crippen molar-refractivity contribution in [3.63, 3.8) is 0 Å². The summed E-state index contributed by atoms with van der Waals surface area (Å²) < 4.78 is 0.802. The zero-order chi connectivity index (χ0) is 20.8. The van der Waals surface area contributed by atoms with Crippen LogP contribution in [0.15, 0.2) is 120 Å². The molecule has 146 valence electrons. The van der Waals surface area contributed by atoms with Crippen LogP contribution in [0.5, 0.6) is 0 Å². The quantitative estimate of drug-likeness (QED) is 0.219. The number of hydrogen-bond acceptors (Lipinski definition) is 2. The number of anilines is 3. The van der Waals surface area contributed by atoms with E-state index in [9.17, 15) is 4.79 Å². The van der Waals surface area contributed by atoms with Gasteiger partial charge in [0.2, 0.25) is 0 Å². The van der Waals surface area contributed by atoms with E-state index >= 15 is 0 Å². The minimum atomic E-state index is -0.0262. The van der Waals surface area contributed by atoms with Crippen molar-refractivity contribution in [3.05, 3.63) is 131 Å².